The highest BCUT2D eigenvalue weighted by Crippen LogP contribution is 2.51. The zero-order valence-corrected chi connectivity index (χ0v) is 16.3. The van der Waals surface area contributed by atoms with E-state index in [4.69, 9.17) is 5.26 Å². The van der Waals surface area contributed by atoms with Crippen LogP contribution in [0, 0.1) is 41.4 Å². The van der Waals surface area contributed by atoms with E-state index >= 15 is 0 Å². The fourth-order valence-corrected chi connectivity index (χ4v) is 5.45. The minimum absolute atomic E-state index is 0.0533. The van der Waals surface area contributed by atoms with Crippen molar-refractivity contribution in [2.75, 3.05) is 13.7 Å². The van der Waals surface area contributed by atoms with Crippen molar-refractivity contribution >= 4 is 17.8 Å². The number of aliphatic carboxylic acids is 1. The molecule has 4 aliphatic rings. The number of hydrogen-bond acceptors (Lipinski definition) is 5. The highest BCUT2D eigenvalue weighted by molar-refractivity contribution is 5.89. The fourth-order valence-electron chi connectivity index (χ4n) is 5.45. The predicted molar refractivity (Wildman–Crippen MR) is 99.9 cm³/mol. The lowest BCUT2D eigenvalue weighted by Gasteiger charge is -2.50. The average molecular weight is 394 g/mol. The van der Waals surface area contributed by atoms with Crippen molar-refractivity contribution in [2.24, 2.45) is 41.4 Å². The van der Waals surface area contributed by atoms with Crippen molar-refractivity contribution in [2.45, 2.75) is 38.6 Å². The van der Waals surface area contributed by atoms with Crippen LogP contribution in [0.25, 0.3) is 0 Å². The second kappa shape index (κ2) is 8.61. The monoisotopic (exact) mass is 394 g/mol. The molecule has 8 nitrogen and oxygen atoms in total. The first-order valence-corrected chi connectivity index (χ1v) is 10.1. The van der Waals surface area contributed by atoms with Crippen LogP contribution in [-0.2, 0) is 19.3 Å². The number of carboxylic acid groups (broad SMARTS) is 1. The minimum Gasteiger partial charge on any atom is -0.481 e. The largest absolute Gasteiger partial charge is 0.481 e. The van der Waals surface area contributed by atoms with Crippen LogP contribution in [0.3, 0.4) is 0 Å². The summed E-state index contributed by atoms with van der Waals surface area (Å²) in [5.74, 6) is -4.96. The van der Waals surface area contributed by atoms with E-state index in [9.17, 15) is 19.5 Å². The lowest BCUT2D eigenvalue weighted by atomic mass is 9.52. The van der Waals surface area contributed by atoms with Crippen molar-refractivity contribution < 1.29 is 29.6 Å². The van der Waals surface area contributed by atoms with Gasteiger partial charge in [0.25, 0.3) is 0 Å². The van der Waals surface area contributed by atoms with Gasteiger partial charge in [-0.2, -0.15) is 0 Å². The Morgan fingerprint density at radius 2 is 1.64 bits per heavy atom. The Morgan fingerprint density at radius 1 is 1.00 bits per heavy atom. The minimum atomic E-state index is -1.06. The summed E-state index contributed by atoms with van der Waals surface area (Å²) in [6.07, 6.45) is 7.42. The van der Waals surface area contributed by atoms with Crippen LogP contribution in [0.15, 0.2) is 12.2 Å². The number of amides is 2. The molecule has 2 fully saturated rings. The quantitative estimate of drug-likeness (QED) is 0.306. The number of rotatable bonds is 6. The SMILES string of the molecule is CNC(=O)C1C2C=CC(C1COO)C(C(=O)O)C2C(=O)NC1CCC(C)CC1. The molecule has 0 spiro atoms. The Bertz CT molecular complexity index is 643. The van der Waals surface area contributed by atoms with E-state index in [-0.39, 0.29) is 24.5 Å². The molecular weight excluding hydrogens is 364 g/mol. The van der Waals surface area contributed by atoms with Gasteiger partial charge in [-0.05, 0) is 37.5 Å². The van der Waals surface area contributed by atoms with Crippen LogP contribution >= 0.6 is 0 Å². The second-order valence-corrected chi connectivity index (χ2v) is 8.49. The third-order valence-corrected chi connectivity index (χ3v) is 6.91. The maximum Gasteiger partial charge on any atom is 0.307 e. The molecule has 4 aliphatic carbocycles. The Labute approximate surface area is 164 Å². The van der Waals surface area contributed by atoms with Crippen LogP contribution in [0.1, 0.15) is 32.6 Å². The Balaban J connectivity index is 1.86. The Hall–Kier alpha value is -1.93. The molecule has 0 aromatic rings. The molecule has 4 rings (SSSR count). The van der Waals surface area contributed by atoms with E-state index in [1.807, 2.05) is 0 Å². The van der Waals surface area contributed by atoms with E-state index < -0.39 is 41.5 Å². The average Bonchev–Trinajstić information content (AvgIpc) is 2.69. The molecule has 0 aromatic carbocycles. The maximum atomic E-state index is 13.2. The van der Waals surface area contributed by atoms with Crippen molar-refractivity contribution in [1.29, 1.82) is 0 Å². The summed E-state index contributed by atoms with van der Waals surface area (Å²) in [6.45, 7) is 2.04. The molecule has 0 heterocycles. The van der Waals surface area contributed by atoms with Gasteiger partial charge in [-0.3, -0.25) is 19.6 Å². The first kappa shape index (κ1) is 20.8. The highest BCUT2D eigenvalue weighted by atomic mass is 17.1. The maximum absolute atomic E-state index is 13.2. The molecule has 6 unspecified atom stereocenters. The summed E-state index contributed by atoms with van der Waals surface area (Å²) in [5, 5.41) is 24.5. The molecule has 0 aromatic heterocycles. The lowest BCUT2D eigenvalue weighted by Crippen LogP contribution is -2.60. The Morgan fingerprint density at radius 3 is 2.21 bits per heavy atom. The van der Waals surface area contributed by atoms with Gasteiger partial charge in [0.05, 0.1) is 24.4 Å². The van der Waals surface area contributed by atoms with Crippen LogP contribution in [0.5, 0.6) is 0 Å². The van der Waals surface area contributed by atoms with Gasteiger partial charge in [0.1, 0.15) is 0 Å². The molecule has 4 N–H and O–H groups in total. The summed E-state index contributed by atoms with van der Waals surface area (Å²) in [4.78, 5) is 42.1. The molecule has 8 heteroatoms. The third kappa shape index (κ3) is 3.80. The standard InChI is InChI=1S/C20H30N2O6/c1-10-3-5-11(6-4-10)22-19(24)16-13-8-7-12(17(16)20(25)26)14(9-28-27)15(13)18(23)21-2/h7-8,10-17,27H,3-6,9H2,1-2H3,(H,21,23)(H,22,24)(H,25,26). The van der Waals surface area contributed by atoms with Gasteiger partial charge in [-0.15, -0.1) is 0 Å². The highest BCUT2D eigenvalue weighted by Gasteiger charge is 2.58. The summed E-state index contributed by atoms with van der Waals surface area (Å²) in [7, 11) is 1.51. The molecule has 0 radical (unpaired) electrons. The molecule has 2 bridgehead atoms. The topological polar surface area (TPSA) is 125 Å². The van der Waals surface area contributed by atoms with Gasteiger partial charge in [0.2, 0.25) is 11.8 Å². The number of carbonyl (C=O) groups excluding carboxylic acids is 2. The van der Waals surface area contributed by atoms with Crippen LogP contribution in [0.2, 0.25) is 0 Å². The van der Waals surface area contributed by atoms with Crippen molar-refractivity contribution in [1.82, 2.24) is 10.6 Å². The van der Waals surface area contributed by atoms with Crippen LogP contribution in [0.4, 0.5) is 0 Å². The van der Waals surface area contributed by atoms with E-state index in [0.29, 0.717) is 5.92 Å². The van der Waals surface area contributed by atoms with Gasteiger partial charge >= 0.3 is 5.97 Å². The lowest BCUT2D eigenvalue weighted by molar-refractivity contribution is -0.261. The van der Waals surface area contributed by atoms with Gasteiger partial charge < -0.3 is 15.7 Å². The fraction of sp³-hybridized carbons (Fsp3) is 0.750. The summed E-state index contributed by atoms with van der Waals surface area (Å²) in [6, 6.07) is 0.0533. The molecule has 28 heavy (non-hydrogen) atoms. The molecule has 2 saturated carbocycles. The van der Waals surface area contributed by atoms with E-state index in [2.05, 4.69) is 22.4 Å². The van der Waals surface area contributed by atoms with Crippen molar-refractivity contribution in [3.63, 3.8) is 0 Å². The first-order valence-electron chi connectivity index (χ1n) is 10.1. The Kier molecular flexibility index (Phi) is 6.40. The zero-order chi connectivity index (χ0) is 20.4. The number of carboxylic acids is 1. The molecule has 6 atom stereocenters. The number of fused-ring (bicyclic) bond motifs is 2. The van der Waals surface area contributed by atoms with Gasteiger partial charge in [-0.1, -0.05) is 19.1 Å². The number of nitrogens with one attached hydrogen (secondary N) is 2. The van der Waals surface area contributed by atoms with Gasteiger partial charge in [0.15, 0.2) is 0 Å². The summed E-state index contributed by atoms with van der Waals surface area (Å²) < 4.78 is 0. The van der Waals surface area contributed by atoms with Gasteiger partial charge in [-0.25, -0.2) is 4.89 Å². The number of hydrogen-bond donors (Lipinski definition) is 4. The van der Waals surface area contributed by atoms with Crippen molar-refractivity contribution in [3.05, 3.63) is 12.2 Å². The van der Waals surface area contributed by atoms with Gasteiger partial charge in [0, 0.05) is 24.9 Å². The van der Waals surface area contributed by atoms with Crippen LogP contribution in [-0.4, -0.2) is 47.8 Å². The normalized spacial score (nSPS) is 39.4. The molecule has 0 saturated heterocycles. The zero-order valence-electron chi connectivity index (χ0n) is 16.3. The smallest absolute Gasteiger partial charge is 0.307 e. The number of carbonyl (C=O) groups is 3. The third-order valence-electron chi connectivity index (χ3n) is 6.91. The van der Waals surface area contributed by atoms with E-state index in [0.717, 1.165) is 25.7 Å². The summed E-state index contributed by atoms with van der Waals surface area (Å²) >= 11 is 0. The first-order chi connectivity index (χ1) is 13.4. The molecule has 0 aliphatic heterocycles. The number of allylic oxidation sites excluding steroid dienone is 2. The van der Waals surface area contributed by atoms with E-state index in [1.165, 1.54) is 7.05 Å². The molecule has 2 amide bonds. The van der Waals surface area contributed by atoms with E-state index in [1.54, 1.807) is 12.2 Å². The summed E-state index contributed by atoms with van der Waals surface area (Å²) in [5.41, 5.74) is 0. The second-order valence-electron chi connectivity index (χ2n) is 8.49. The van der Waals surface area contributed by atoms with Crippen molar-refractivity contribution in [3.8, 4) is 0 Å². The van der Waals surface area contributed by atoms with Crippen LogP contribution < -0.4 is 10.6 Å². The molecular formula is C20H30N2O6. The molecule has 156 valence electrons. The predicted octanol–water partition coefficient (Wildman–Crippen LogP) is 1.28.